The number of carbonyl (C=O) groups is 4. The summed E-state index contributed by atoms with van der Waals surface area (Å²) in [6, 6.07) is 0. The van der Waals surface area contributed by atoms with Gasteiger partial charge in [0.25, 0.3) is 0 Å². The van der Waals surface area contributed by atoms with Crippen molar-refractivity contribution >= 4 is 39.5 Å². The highest BCUT2D eigenvalue weighted by Crippen LogP contribution is 2.45. The maximum atomic E-state index is 13.1. The third kappa shape index (κ3) is 67.6. The minimum absolute atomic E-state index is 0.105. The Bertz CT molecular complexity index is 1870. The first-order valence-corrected chi connectivity index (χ1v) is 42.3. The summed E-state index contributed by atoms with van der Waals surface area (Å²) in [5, 5.41) is 10.6. The molecule has 0 amide bonds. The maximum absolute atomic E-state index is 13.1. The van der Waals surface area contributed by atoms with E-state index < -0.39 is 97.5 Å². The Morgan fingerprint density at radius 2 is 0.505 bits per heavy atom. The quantitative estimate of drug-likeness (QED) is 0.0222. The van der Waals surface area contributed by atoms with E-state index >= 15 is 0 Å². The van der Waals surface area contributed by atoms with E-state index in [-0.39, 0.29) is 25.7 Å². The van der Waals surface area contributed by atoms with Crippen LogP contribution in [0.15, 0.2) is 0 Å². The van der Waals surface area contributed by atoms with Gasteiger partial charge in [0.2, 0.25) is 0 Å². The van der Waals surface area contributed by atoms with E-state index in [2.05, 4.69) is 55.4 Å². The topological polar surface area (TPSA) is 237 Å². The fraction of sp³-hybridized carbons (Fsp3) is 0.947. The van der Waals surface area contributed by atoms with Gasteiger partial charge >= 0.3 is 39.5 Å². The first-order chi connectivity index (χ1) is 45.7. The summed E-state index contributed by atoms with van der Waals surface area (Å²) < 4.78 is 68.5. The number of phosphoric ester groups is 2. The number of aliphatic hydroxyl groups excluding tert-OH is 1. The van der Waals surface area contributed by atoms with Crippen LogP contribution in [-0.4, -0.2) is 96.7 Å². The molecule has 0 aromatic rings. The molecule has 17 nitrogen and oxygen atoms in total. The predicted molar refractivity (Wildman–Crippen MR) is 386 cm³/mol. The lowest BCUT2D eigenvalue weighted by molar-refractivity contribution is -0.161. The molecule has 564 valence electrons. The van der Waals surface area contributed by atoms with Gasteiger partial charge in [-0.15, -0.1) is 0 Å². The van der Waals surface area contributed by atoms with Gasteiger partial charge in [-0.1, -0.05) is 331 Å². The van der Waals surface area contributed by atoms with E-state index in [1.807, 2.05) is 0 Å². The van der Waals surface area contributed by atoms with Crippen molar-refractivity contribution in [2.24, 2.45) is 23.7 Å². The molecular formula is C76H148O17P2. The van der Waals surface area contributed by atoms with Gasteiger partial charge < -0.3 is 33.8 Å². The van der Waals surface area contributed by atoms with Crippen LogP contribution < -0.4 is 0 Å². The second kappa shape index (κ2) is 65.4. The van der Waals surface area contributed by atoms with E-state index in [0.717, 1.165) is 114 Å². The molecule has 0 saturated carbocycles. The van der Waals surface area contributed by atoms with Crippen LogP contribution in [0.5, 0.6) is 0 Å². The zero-order valence-corrected chi connectivity index (χ0v) is 64.1. The molecule has 0 fully saturated rings. The minimum atomic E-state index is -4.96. The van der Waals surface area contributed by atoms with Crippen LogP contribution in [0.2, 0.25) is 0 Å². The molecule has 0 heterocycles. The number of carbonyl (C=O) groups excluding carboxylic acids is 4. The summed E-state index contributed by atoms with van der Waals surface area (Å²) >= 11 is 0. The van der Waals surface area contributed by atoms with Crippen LogP contribution in [0, 0.1) is 23.7 Å². The molecule has 0 aliphatic rings. The molecule has 0 aliphatic heterocycles. The Morgan fingerprint density at radius 3 is 0.747 bits per heavy atom. The highest BCUT2D eigenvalue weighted by molar-refractivity contribution is 7.47. The summed E-state index contributed by atoms with van der Waals surface area (Å²) in [7, 11) is -9.91. The second-order valence-corrected chi connectivity index (χ2v) is 31.7. The van der Waals surface area contributed by atoms with E-state index in [1.54, 1.807) is 0 Å². The lowest BCUT2D eigenvalue weighted by atomic mass is 9.99. The molecule has 0 rings (SSSR count). The van der Waals surface area contributed by atoms with Crippen LogP contribution in [0.4, 0.5) is 0 Å². The zero-order chi connectivity index (χ0) is 70.3. The molecule has 3 N–H and O–H groups in total. The monoisotopic (exact) mass is 1400 g/mol. The Morgan fingerprint density at radius 1 is 0.295 bits per heavy atom. The summed E-state index contributed by atoms with van der Waals surface area (Å²) in [4.78, 5) is 72.8. The Balaban J connectivity index is 5.26. The summed E-state index contributed by atoms with van der Waals surface area (Å²) in [5.74, 6) is 0.998. The molecule has 0 radical (unpaired) electrons. The van der Waals surface area contributed by atoms with Crippen molar-refractivity contribution in [2.75, 3.05) is 39.6 Å². The van der Waals surface area contributed by atoms with Crippen LogP contribution in [0.1, 0.15) is 383 Å². The average molecular weight is 1400 g/mol. The zero-order valence-electron chi connectivity index (χ0n) is 62.3. The normalized spacial score (nSPS) is 14.7. The van der Waals surface area contributed by atoms with Gasteiger partial charge in [0.05, 0.1) is 26.4 Å². The number of esters is 4. The van der Waals surface area contributed by atoms with Gasteiger partial charge in [0, 0.05) is 25.7 Å². The van der Waals surface area contributed by atoms with Crippen LogP contribution >= 0.6 is 15.6 Å². The highest BCUT2D eigenvalue weighted by Gasteiger charge is 2.30. The maximum Gasteiger partial charge on any atom is 0.472 e. The van der Waals surface area contributed by atoms with Crippen molar-refractivity contribution in [1.82, 2.24) is 0 Å². The smallest absolute Gasteiger partial charge is 0.462 e. The Labute approximate surface area is 581 Å². The van der Waals surface area contributed by atoms with Crippen molar-refractivity contribution in [3.8, 4) is 0 Å². The number of aliphatic hydroxyl groups is 1. The largest absolute Gasteiger partial charge is 0.472 e. The highest BCUT2D eigenvalue weighted by atomic mass is 31.2. The average Bonchev–Trinajstić information content (AvgIpc) is 1.51. The Kier molecular flexibility index (Phi) is 64.0. The van der Waals surface area contributed by atoms with Crippen molar-refractivity contribution in [2.45, 2.75) is 401 Å². The fourth-order valence-electron chi connectivity index (χ4n) is 11.5. The number of rotatable bonds is 73. The third-order valence-corrected chi connectivity index (χ3v) is 20.2. The lowest BCUT2D eigenvalue weighted by Crippen LogP contribution is -2.30. The number of phosphoric acid groups is 2. The van der Waals surface area contributed by atoms with E-state index in [9.17, 15) is 43.2 Å². The van der Waals surface area contributed by atoms with Crippen molar-refractivity contribution in [3.05, 3.63) is 0 Å². The van der Waals surface area contributed by atoms with Crippen molar-refractivity contribution in [3.63, 3.8) is 0 Å². The molecule has 0 spiro atoms. The van der Waals surface area contributed by atoms with Gasteiger partial charge in [-0.3, -0.25) is 37.3 Å². The van der Waals surface area contributed by atoms with Gasteiger partial charge in [-0.2, -0.15) is 0 Å². The summed E-state index contributed by atoms with van der Waals surface area (Å²) in [6.45, 7) is 14.2. The molecular weight excluding hydrogens is 1250 g/mol. The van der Waals surface area contributed by atoms with Crippen molar-refractivity contribution in [1.29, 1.82) is 0 Å². The third-order valence-electron chi connectivity index (χ3n) is 18.3. The van der Waals surface area contributed by atoms with Gasteiger partial charge in [-0.25, -0.2) is 9.13 Å². The fourth-order valence-corrected chi connectivity index (χ4v) is 13.1. The van der Waals surface area contributed by atoms with Crippen molar-refractivity contribution < 1.29 is 80.2 Å². The van der Waals surface area contributed by atoms with E-state index in [1.165, 1.54) is 186 Å². The minimum Gasteiger partial charge on any atom is -0.462 e. The SMILES string of the molecule is CCC(C)CCCCCCCCCCCCCCCCC(=O)O[C@H](COC(=O)CCCCCCCCCCCC(C)C)COP(=O)(O)OCC(O)COP(=O)(O)OC[C@@H](COC(=O)CCCCCCCCCCC(C)C)OC(=O)CCCCCCCCCCCCC(C)CC. The summed E-state index contributed by atoms with van der Waals surface area (Å²) in [5.41, 5.74) is 0. The van der Waals surface area contributed by atoms with Gasteiger partial charge in [-0.05, 0) is 49.4 Å². The summed E-state index contributed by atoms with van der Waals surface area (Å²) in [6.07, 6.45) is 49.8. The van der Waals surface area contributed by atoms with Gasteiger partial charge in [0.1, 0.15) is 19.3 Å². The standard InChI is InChI=1S/C76H148O17P2/c1-9-68(7)54-46-38-30-21-15-13-11-12-14-16-23-34-42-50-58-75(80)92-71(62-86-73(78)56-48-40-32-25-19-20-28-36-44-52-66(3)4)64-90-94(82,83)88-60-70(77)61-89-95(84,85)91-65-72(63-87-74(79)57-49-41-33-27-26-29-37-45-53-67(5)6)93-76(81)59-51-43-35-24-18-17-22-31-39-47-55-69(8)10-2/h66-72,77H,9-65H2,1-8H3,(H,82,83)(H,84,85)/t68?,69?,70?,71-,72-/m1/s1. The molecule has 19 heteroatoms. The molecule has 95 heavy (non-hydrogen) atoms. The predicted octanol–water partition coefficient (Wildman–Crippen LogP) is 22.0. The number of hydrogen-bond donors (Lipinski definition) is 3. The lowest BCUT2D eigenvalue weighted by Gasteiger charge is -2.21. The molecule has 0 saturated heterocycles. The van der Waals surface area contributed by atoms with Crippen LogP contribution in [-0.2, 0) is 65.4 Å². The van der Waals surface area contributed by atoms with Crippen LogP contribution in [0.25, 0.3) is 0 Å². The second-order valence-electron chi connectivity index (χ2n) is 28.8. The molecule has 0 aromatic heterocycles. The van der Waals surface area contributed by atoms with E-state index in [0.29, 0.717) is 25.7 Å². The van der Waals surface area contributed by atoms with Crippen LogP contribution in [0.3, 0.4) is 0 Å². The molecule has 7 atom stereocenters. The number of hydrogen-bond acceptors (Lipinski definition) is 15. The Hall–Kier alpha value is -1.94. The van der Waals surface area contributed by atoms with E-state index in [4.69, 9.17) is 37.0 Å². The first-order valence-electron chi connectivity index (χ1n) is 39.3. The number of ether oxygens (including phenoxy) is 4. The van der Waals surface area contributed by atoms with Gasteiger partial charge in [0.15, 0.2) is 12.2 Å². The number of unbranched alkanes of at least 4 members (excludes halogenated alkanes) is 37. The molecule has 0 bridgehead atoms. The first kappa shape index (κ1) is 93.1. The molecule has 0 aliphatic carbocycles. The molecule has 5 unspecified atom stereocenters. The molecule has 0 aromatic carbocycles.